The topological polar surface area (TPSA) is 80.1 Å². The second-order valence-electron chi connectivity index (χ2n) is 8.87. The molecule has 0 aliphatic carbocycles. The Morgan fingerprint density at radius 2 is 1.81 bits per heavy atom. The monoisotopic (exact) mass is 397 g/mol. The number of nitrogens with zero attached hydrogens (tertiary/aromatic N) is 1. The minimum atomic E-state index is -2.00. The van der Waals surface area contributed by atoms with Gasteiger partial charge in [-0.15, -0.1) is 10.1 Å². The maximum Gasteiger partial charge on any atom is 0.295 e. The minimum absolute atomic E-state index is 0.0492. The van der Waals surface area contributed by atoms with Gasteiger partial charge in [-0.05, 0) is 37.5 Å². The average Bonchev–Trinajstić information content (AvgIpc) is 2.85. The van der Waals surface area contributed by atoms with Crippen molar-refractivity contribution in [2.75, 3.05) is 6.61 Å². The molecule has 1 aromatic carbocycles. The van der Waals surface area contributed by atoms with Crippen molar-refractivity contribution in [2.24, 2.45) is 0 Å². The molecule has 1 heterocycles. The first-order valence-electron chi connectivity index (χ1n) is 9.18. The summed E-state index contributed by atoms with van der Waals surface area (Å²) >= 11 is 0. The molecule has 152 valence electrons. The van der Waals surface area contributed by atoms with E-state index in [-0.39, 0.29) is 5.04 Å². The summed E-state index contributed by atoms with van der Waals surface area (Å²) in [6.07, 6.45) is -2.02. The van der Waals surface area contributed by atoms with Gasteiger partial charge >= 0.3 is 0 Å². The lowest BCUT2D eigenvalue weighted by Crippen LogP contribution is -2.45. The molecule has 0 radical (unpaired) electrons. The molecule has 7 nitrogen and oxygen atoms in total. The van der Waals surface area contributed by atoms with Gasteiger partial charge in [0, 0.05) is 0 Å². The molecule has 0 bridgehead atoms. The lowest BCUT2D eigenvalue weighted by atomic mass is 10.0. The molecule has 0 unspecified atom stereocenters. The van der Waals surface area contributed by atoms with Crippen LogP contribution in [0.25, 0.3) is 0 Å². The van der Waals surface area contributed by atoms with Crippen molar-refractivity contribution < 1.29 is 23.8 Å². The van der Waals surface area contributed by atoms with Gasteiger partial charge in [0.05, 0.1) is 6.61 Å². The molecule has 0 aromatic heterocycles. The number of hydrogen-bond acceptors (Lipinski definition) is 6. The van der Waals surface area contributed by atoms with E-state index in [0.29, 0.717) is 12.2 Å². The number of benzene rings is 1. The predicted molar refractivity (Wildman–Crippen MR) is 104 cm³/mol. The molecular weight excluding hydrogens is 366 g/mol. The maximum atomic E-state index is 11.1. The molecule has 8 heteroatoms. The van der Waals surface area contributed by atoms with E-state index in [9.17, 15) is 10.1 Å². The summed E-state index contributed by atoms with van der Waals surface area (Å²) in [5, 5.41) is 10.4. The first-order valence-corrected chi connectivity index (χ1v) is 12.1. The molecule has 0 amide bonds. The van der Waals surface area contributed by atoms with Crippen molar-refractivity contribution in [2.45, 2.75) is 76.8 Å². The fraction of sp³-hybridized carbons (Fsp3) is 0.684. The number of ether oxygens (including phenoxy) is 2. The van der Waals surface area contributed by atoms with E-state index in [4.69, 9.17) is 18.7 Å². The maximum absolute atomic E-state index is 11.1. The minimum Gasteiger partial charge on any atom is -0.414 e. The Morgan fingerprint density at radius 1 is 1.22 bits per heavy atom. The van der Waals surface area contributed by atoms with Crippen LogP contribution < -0.4 is 0 Å². The molecule has 1 fully saturated rings. The van der Waals surface area contributed by atoms with Gasteiger partial charge in [-0.2, -0.15) is 0 Å². The number of hydrogen-bond donors (Lipinski definition) is 0. The van der Waals surface area contributed by atoms with Crippen molar-refractivity contribution in [1.82, 2.24) is 0 Å². The van der Waals surface area contributed by atoms with Crippen LogP contribution in [0.2, 0.25) is 18.1 Å². The SMILES string of the molecule is CC1(C)O[C@H]([C@H](O[N+](=O)[O-])c2ccccc2)[C@@H](CO[Si](C)(C)C(C)(C)C)O1. The second-order valence-corrected chi connectivity index (χ2v) is 13.7. The van der Waals surface area contributed by atoms with E-state index in [1.165, 1.54) is 0 Å². The summed E-state index contributed by atoms with van der Waals surface area (Å²) in [6, 6.07) is 9.05. The van der Waals surface area contributed by atoms with Crippen LogP contribution in [-0.4, -0.2) is 38.0 Å². The third-order valence-corrected chi connectivity index (χ3v) is 9.76. The highest BCUT2D eigenvalue weighted by Crippen LogP contribution is 2.40. The molecule has 2 rings (SSSR count). The van der Waals surface area contributed by atoms with Crippen LogP contribution in [0.15, 0.2) is 30.3 Å². The van der Waals surface area contributed by atoms with Crippen LogP contribution in [0, 0.1) is 10.1 Å². The van der Waals surface area contributed by atoms with E-state index in [1.54, 1.807) is 26.0 Å². The fourth-order valence-electron chi connectivity index (χ4n) is 2.80. The van der Waals surface area contributed by atoms with E-state index >= 15 is 0 Å². The van der Waals surface area contributed by atoms with Gasteiger partial charge in [-0.1, -0.05) is 51.1 Å². The van der Waals surface area contributed by atoms with E-state index in [2.05, 4.69) is 33.9 Å². The summed E-state index contributed by atoms with van der Waals surface area (Å²) < 4.78 is 18.3. The first-order chi connectivity index (χ1) is 12.3. The largest absolute Gasteiger partial charge is 0.414 e. The van der Waals surface area contributed by atoms with Crippen LogP contribution in [0.1, 0.15) is 46.3 Å². The Balaban J connectivity index is 2.25. The summed E-state index contributed by atoms with van der Waals surface area (Å²) in [5.74, 6) is -0.876. The molecule has 0 N–H and O–H groups in total. The van der Waals surface area contributed by atoms with Crippen LogP contribution in [-0.2, 0) is 18.7 Å². The van der Waals surface area contributed by atoms with Crippen molar-refractivity contribution in [3.05, 3.63) is 46.0 Å². The summed E-state index contributed by atoms with van der Waals surface area (Å²) in [5.41, 5.74) is 0.665. The van der Waals surface area contributed by atoms with E-state index < -0.39 is 37.5 Å². The zero-order valence-electron chi connectivity index (χ0n) is 17.2. The molecule has 3 atom stereocenters. The third kappa shape index (κ3) is 5.51. The van der Waals surface area contributed by atoms with Gasteiger partial charge in [-0.3, -0.25) is 0 Å². The molecule has 27 heavy (non-hydrogen) atoms. The molecule has 1 aliphatic rings. The predicted octanol–water partition coefficient (Wildman–Crippen LogP) is 4.48. The lowest BCUT2D eigenvalue weighted by Gasteiger charge is -2.37. The molecule has 1 saturated heterocycles. The van der Waals surface area contributed by atoms with Crippen LogP contribution in [0.5, 0.6) is 0 Å². The van der Waals surface area contributed by atoms with Crippen LogP contribution in [0.3, 0.4) is 0 Å². The Kier molecular flexibility index (Phi) is 6.36. The van der Waals surface area contributed by atoms with Crippen LogP contribution in [0.4, 0.5) is 0 Å². The zero-order chi connectivity index (χ0) is 20.5. The van der Waals surface area contributed by atoms with Gasteiger partial charge in [0.1, 0.15) is 12.2 Å². The van der Waals surface area contributed by atoms with Crippen molar-refractivity contribution >= 4 is 8.32 Å². The molecule has 1 aliphatic heterocycles. The lowest BCUT2D eigenvalue weighted by molar-refractivity contribution is -0.773. The Hall–Kier alpha value is -1.48. The molecular formula is C19H31NO6Si. The smallest absolute Gasteiger partial charge is 0.295 e. The highest BCUT2D eigenvalue weighted by atomic mass is 28.4. The van der Waals surface area contributed by atoms with E-state index in [0.717, 1.165) is 0 Å². The average molecular weight is 398 g/mol. The summed E-state index contributed by atoms with van der Waals surface area (Å²) in [7, 11) is -2.00. The third-order valence-electron chi connectivity index (χ3n) is 5.26. The highest BCUT2D eigenvalue weighted by Gasteiger charge is 2.48. The molecule has 0 spiro atoms. The Morgan fingerprint density at radius 3 is 2.33 bits per heavy atom. The highest BCUT2D eigenvalue weighted by molar-refractivity contribution is 6.74. The zero-order valence-corrected chi connectivity index (χ0v) is 18.2. The first kappa shape index (κ1) is 21.8. The molecule has 1 aromatic rings. The Bertz CT molecular complexity index is 643. The van der Waals surface area contributed by atoms with Crippen LogP contribution >= 0.6 is 0 Å². The van der Waals surface area contributed by atoms with E-state index in [1.807, 2.05) is 18.2 Å². The van der Waals surface area contributed by atoms with Gasteiger partial charge in [-0.25, -0.2) is 0 Å². The van der Waals surface area contributed by atoms with Gasteiger partial charge in [0.15, 0.2) is 20.2 Å². The van der Waals surface area contributed by atoms with Gasteiger partial charge in [0.25, 0.3) is 5.09 Å². The van der Waals surface area contributed by atoms with Gasteiger partial charge in [0.2, 0.25) is 0 Å². The number of rotatable bonds is 7. The molecule has 0 saturated carbocycles. The van der Waals surface area contributed by atoms with Crippen molar-refractivity contribution in [3.63, 3.8) is 0 Å². The fourth-order valence-corrected chi connectivity index (χ4v) is 3.82. The second kappa shape index (κ2) is 7.87. The van der Waals surface area contributed by atoms with Crippen molar-refractivity contribution in [1.29, 1.82) is 0 Å². The summed E-state index contributed by atoms with van der Waals surface area (Å²) in [6.45, 7) is 14.7. The normalized spacial score (nSPS) is 23.8. The van der Waals surface area contributed by atoms with Gasteiger partial charge < -0.3 is 18.7 Å². The summed E-state index contributed by atoms with van der Waals surface area (Å²) in [4.78, 5) is 16.1. The standard InChI is InChI=1S/C19H31NO6Si/c1-18(2,3)27(6,7)23-13-15-17(25-19(4,5)24-15)16(26-20(21)22)14-11-9-8-10-12-14/h8-12,15-17H,13H2,1-7H3/t15-,16-,17+/m1/s1. The van der Waals surface area contributed by atoms with Crippen molar-refractivity contribution in [3.8, 4) is 0 Å². The quantitative estimate of drug-likeness (QED) is 0.383. The Labute approximate surface area is 162 Å².